The monoisotopic (exact) mass is 425 g/mol. The van der Waals surface area contributed by atoms with Crippen LogP contribution in [0.3, 0.4) is 0 Å². The summed E-state index contributed by atoms with van der Waals surface area (Å²) in [5.41, 5.74) is -0.522. The number of halogens is 4. The lowest BCUT2D eigenvalue weighted by Gasteiger charge is -2.13. The van der Waals surface area contributed by atoms with Gasteiger partial charge in [0.1, 0.15) is 5.82 Å². The molecule has 0 saturated carbocycles. The van der Waals surface area contributed by atoms with Crippen LogP contribution in [0.5, 0.6) is 0 Å². The molecule has 5 aromatic rings. The van der Waals surface area contributed by atoms with Crippen molar-refractivity contribution in [2.45, 2.75) is 6.18 Å². The predicted octanol–water partition coefficient (Wildman–Crippen LogP) is 4.48. The highest BCUT2D eigenvalue weighted by Crippen LogP contribution is 2.34. The second-order valence-electron chi connectivity index (χ2n) is 6.75. The van der Waals surface area contributed by atoms with Crippen LogP contribution in [0.15, 0.2) is 65.8 Å². The third kappa shape index (κ3) is 3.12. The number of aromatic amines is 1. The lowest BCUT2D eigenvalue weighted by Crippen LogP contribution is -2.15. The average molecular weight is 425 g/mol. The Hall–Kier alpha value is -4.08. The molecule has 10 heteroatoms. The second-order valence-corrected chi connectivity index (χ2v) is 6.75. The summed E-state index contributed by atoms with van der Waals surface area (Å²) in [4.78, 5) is 27.7. The van der Waals surface area contributed by atoms with Gasteiger partial charge in [-0.05, 0) is 42.5 Å². The second kappa shape index (κ2) is 6.73. The largest absolute Gasteiger partial charge is 0.416 e. The molecule has 0 aliphatic carbocycles. The van der Waals surface area contributed by atoms with E-state index in [1.807, 2.05) is 0 Å². The molecule has 1 aromatic carbocycles. The third-order valence-corrected chi connectivity index (χ3v) is 4.86. The van der Waals surface area contributed by atoms with E-state index >= 15 is 0 Å². The summed E-state index contributed by atoms with van der Waals surface area (Å²) in [7, 11) is 0. The van der Waals surface area contributed by atoms with Crippen LogP contribution < -0.4 is 5.69 Å². The van der Waals surface area contributed by atoms with Gasteiger partial charge in [-0.1, -0.05) is 0 Å². The van der Waals surface area contributed by atoms with Gasteiger partial charge in [-0.2, -0.15) is 13.2 Å². The minimum atomic E-state index is -4.65. The van der Waals surface area contributed by atoms with Gasteiger partial charge in [-0.3, -0.25) is 9.55 Å². The van der Waals surface area contributed by atoms with Crippen molar-refractivity contribution < 1.29 is 17.6 Å². The molecule has 0 amide bonds. The van der Waals surface area contributed by atoms with Crippen molar-refractivity contribution in [2.75, 3.05) is 0 Å². The zero-order valence-electron chi connectivity index (χ0n) is 15.5. The van der Waals surface area contributed by atoms with E-state index in [9.17, 15) is 22.4 Å². The van der Waals surface area contributed by atoms with Crippen LogP contribution in [0.2, 0.25) is 0 Å². The van der Waals surface area contributed by atoms with Gasteiger partial charge in [-0.25, -0.2) is 19.2 Å². The van der Waals surface area contributed by atoms with Crippen molar-refractivity contribution in [3.63, 3.8) is 0 Å². The first-order valence-corrected chi connectivity index (χ1v) is 9.01. The Kier molecular flexibility index (Phi) is 4.10. The molecule has 0 saturated heterocycles. The molecule has 0 aliphatic rings. The summed E-state index contributed by atoms with van der Waals surface area (Å²) in [5, 5.41) is 0.471. The first-order valence-electron chi connectivity index (χ1n) is 9.01. The number of rotatable bonds is 2. The Balaban J connectivity index is 1.85. The fourth-order valence-corrected chi connectivity index (χ4v) is 3.46. The number of benzene rings is 1. The van der Waals surface area contributed by atoms with Gasteiger partial charge >= 0.3 is 11.9 Å². The van der Waals surface area contributed by atoms with Crippen molar-refractivity contribution in [3.8, 4) is 16.9 Å². The molecule has 0 radical (unpaired) electrons. The first kappa shape index (κ1) is 18.9. The average Bonchev–Trinajstić information content (AvgIpc) is 3.08. The maximum Gasteiger partial charge on any atom is 0.416 e. The highest BCUT2D eigenvalue weighted by Gasteiger charge is 2.31. The summed E-state index contributed by atoms with van der Waals surface area (Å²) in [6.45, 7) is 0. The zero-order chi connectivity index (χ0) is 21.8. The number of imidazole rings is 1. The highest BCUT2D eigenvalue weighted by atomic mass is 19.4. The fraction of sp³-hybridized carbons (Fsp3) is 0.0476. The Morgan fingerprint density at radius 3 is 2.68 bits per heavy atom. The molecule has 5 rings (SSSR count). The molecule has 154 valence electrons. The van der Waals surface area contributed by atoms with Gasteiger partial charge in [0.15, 0.2) is 5.65 Å². The number of pyridine rings is 3. The quantitative estimate of drug-likeness (QED) is 0.423. The molecular weight excluding hydrogens is 414 g/mol. The minimum absolute atomic E-state index is 0.0832. The molecule has 0 bridgehead atoms. The molecule has 6 nitrogen and oxygen atoms in total. The van der Waals surface area contributed by atoms with Gasteiger partial charge in [0, 0.05) is 23.3 Å². The van der Waals surface area contributed by atoms with Crippen LogP contribution >= 0.6 is 0 Å². The van der Waals surface area contributed by atoms with E-state index in [4.69, 9.17) is 0 Å². The lowest BCUT2D eigenvalue weighted by molar-refractivity contribution is -0.137. The van der Waals surface area contributed by atoms with Crippen LogP contribution in [-0.4, -0.2) is 24.5 Å². The summed E-state index contributed by atoms with van der Waals surface area (Å²) in [5.74, 6) is -0.878. The Bertz CT molecular complexity index is 1520. The molecule has 4 aromatic heterocycles. The van der Waals surface area contributed by atoms with Crippen LogP contribution in [0.1, 0.15) is 5.56 Å². The van der Waals surface area contributed by atoms with E-state index < -0.39 is 23.2 Å². The summed E-state index contributed by atoms with van der Waals surface area (Å²) in [6, 6.07) is 8.39. The third-order valence-electron chi connectivity index (χ3n) is 4.86. The number of fused-ring (bicyclic) bond motifs is 2. The van der Waals surface area contributed by atoms with Crippen LogP contribution in [0.25, 0.3) is 39.0 Å². The maximum atomic E-state index is 14.5. The zero-order valence-corrected chi connectivity index (χ0v) is 15.5. The van der Waals surface area contributed by atoms with E-state index in [1.165, 1.54) is 29.2 Å². The van der Waals surface area contributed by atoms with Crippen molar-refractivity contribution >= 4 is 22.1 Å². The predicted molar refractivity (Wildman–Crippen MR) is 105 cm³/mol. The molecule has 0 aliphatic heterocycles. The SMILES string of the molecule is O=c1[nH]c2cnccc2n1-c1cc(-c2cc(C(F)(F)F)ccc2F)nc2ncccc12. The van der Waals surface area contributed by atoms with Crippen LogP contribution in [0.4, 0.5) is 17.6 Å². The Labute approximate surface area is 170 Å². The number of hydrogen-bond donors (Lipinski definition) is 1. The smallest absolute Gasteiger partial charge is 0.304 e. The normalized spacial score (nSPS) is 12.0. The Morgan fingerprint density at radius 1 is 1.03 bits per heavy atom. The number of alkyl halides is 3. The molecule has 4 heterocycles. The maximum absolute atomic E-state index is 14.5. The van der Waals surface area contributed by atoms with Gasteiger partial charge in [0.25, 0.3) is 0 Å². The van der Waals surface area contributed by atoms with E-state index in [2.05, 4.69) is 19.9 Å². The molecular formula is C21H11F4N5O. The van der Waals surface area contributed by atoms with Crippen LogP contribution in [-0.2, 0) is 6.18 Å². The highest BCUT2D eigenvalue weighted by molar-refractivity contribution is 5.90. The topological polar surface area (TPSA) is 76.5 Å². The Morgan fingerprint density at radius 2 is 1.87 bits per heavy atom. The van der Waals surface area contributed by atoms with E-state index in [1.54, 1.807) is 18.2 Å². The van der Waals surface area contributed by atoms with E-state index in [0.29, 0.717) is 34.2 Å². The molecule has 0 fully saturated rings. The van der Waals surface area contributed by atoms with Crippen LogP contribution in [0, 0.1) is 5.82 Å². The van der Waals surface area contributed by atoms with Crippen molar-refractivity contribution in [3.05, 3.63) is 82.9 Å². The van der Waals surface area contributed by atoms with Gasteiger partial charge in [-0.15, -0.1) is 0 Å². The minimum Gasteiger partial charge on any atom is -0.304 e. The van der Waals surface area contributed by atoms with Gasteiger partial charge in [0.2, 0.25) is 0 Å². The lowest BCUT2D eigenvalue weighted by atomic mass is 10.0. The fourth-order valence-electron chi connectivity index (χ4n) is 3.46. The number of H-pyrrole nitrogens is 1. The number of nitrogens with zero attached hydrogens (tertiary/aromatic N) is 4. The number of hydrogen-bond acceptors (Lipinski definition) is 4. The van der Waals surface area contributed by atoms with Crippen molar-refractivity contribution in [1.82, 2.24) is 24.5 Å². The molecule has 0 spiro atoms. The number of aromatic nitrogens is 5. The molecule has 31 heavy (non-hydrogen) atoms. The summed E-state index contributed by atoms with van der Waals surface area (Å²) in [6.07, 6.45) is -0.224. The van der Waals surface area contributed by atoms with Gasteiger partial charge < -0.3 is 4.98 Å². The van der Waals surface area contributed by atoms with E-state index in [0.717, 1.165) is 6.07 Å². The van der Waals surface area contributed by atoms with Crippen molar-refractivity contribution in [2.24, 2.45) is 0 Å². The molecule has 0 unspecified atom stereocenters. The number of nitrogens with one attached hydrogen (secondary N) is 1. The molecule has 1 N–H and O–H groups in total. The standard InChI is InChI=1S/C21H11F4N5O/c22-14-4-3-11(21(23,24)25)8-13(14)15-9-18(12-2-1-6-27-19(12)28-15)30-17-5-7-26-10-16(17)29-20(30)31/h1-10H,(H,29,31). The molecule has 0 atom stereocenters. The summed E-state index contributed by atoms with van der Waals surface area (Å²) >= 11 is 0. The van der Waals surface area contributed by atoms with E-state index in [-0.39, 0.29) is 16.9 Å². The first-order chi connectivity index (χ1) is 14.8. The van der Waals surface area contributed by atoms with Gasteiger partial charge in [0.05, 0.1) is 34.2 Å². The van der Waals surface area contributed by atoms with Crippen molar-refractivity contribution in [1.29, 1.82) is 0 Å². The summed E-state index contributed by atoms with van der Waals surface area (Å²) < 4.78 is 55.4.